The van der Waals surface area contributed by atoms with Crippen molar-refractivity contribution in [2.24, 2.45) is 0 Å². The molecule has 1 aliphatic rings. The van der Waals surface area contributed by atoms with Crippen molar-refractivity contribution in [3.05, 3.63) is 54.1 Å². The maximum absolute atomic E-state index is 13.1. The third kappa shape index (κ3) is 3.87. The molecule has 29 heavy (non-hydrogen) atoms. The smallest absolute Gasteiger partial charge is 0.325 e. The van der Waals surface area contributed by atoms with Gasteiger partial charge in [-0.1, -0.05) is 19.1 Å². The van der Waals surface area contributed by atoms with Gasteiger partial charge in [0.25, 0.3) is 5.91 Å². The Hall–Kier alpha value is -3.55. The van der Waals surface area contributed by atoms with Crippen molar-refractivity contribution in [2.75, 3.05) is 26.1 Å². The highest BCUT2D eigenvalue weighted by atomic mass is 16.5. The lowest BCUT2D eigenvalue weighted by Gasteiger charge is -2.26. The summed E-state index contributed by atoms with van der Waals surface area (Å²) < 4.78 is 10.2. The Morgan fingerprint density at radius 2 is 1.55 bits per heavy atom. The third-order valence-corrected chi connectivity index (χ3v) is 4.96. The molecule has 3 rings (SSSR count). The number of hydrogen-bond donors (Lipinski definition) is 2. The lowest BCUT2D eigenvalue weighted by Crippen LogP contribution is -2.44. The van der Waals surface area contributed by atoms with Crippen LogP contribution in [0.3, 0.4) is 0 Å². The van der Waals surface area contributed by atoms with Crippen LogP contribution < -0.4 is 20.1 Å². The lowest BCUT2D eigenvalue weighted by atomic mass is 9.87. The highest BCUT2D eigenvalue weighted by Crippen LogP contribution is 2.33. The monoisotopic (exact) mass is 397 g/mol. The van der Waals surface area contributed by atoms with Crippen molar-refractivity contribution in [2.45, 2.75) is 18.9 Å². The number of methoxy groups -OCH3 is 2. The first-order valence-corrected chi connectivity index (χ1v) is 9.16. The summed E-state index contributed by atoms with van der Waals surface area (Å²) in [6, 6.07) is 13.1. The summed E-state index contributed by atoms with van der Waals surface area (Å²) in [6.45, 7) is 1.43. The highest BCUT2D eigenvalue weighted by molar-refractivity contribution is 6.10. The first-order chi connectivity index (χ1) is 13.9. The molecule has 1 fully saturated rings. The van der Waals surface area contributed by atoms with Gasteiger partial charge in [0.2, 0.25) is 5.91 Å². The quantitative estimate of drug-likeness (QED) is 0.700. The van der Waals surface area contributed by atoms with Crippen LogP contribution in [0.4, 0.5) is 10.5 Å². The van der Waals surface area contributed by atoms with Gasteiger partial charge >= 0.3 is 6.03 Å². The minimum Gasteiger partial charge on any atom is -0.497 e. The van der Waals surface area contributed by atoms with Gasteiger partial charge in [0.05, 0.1) is 14.2 Å². The molecule has 2 N–H and O–H groups in total. The first kappa shape index (κ1) is 20.2. The molecule has 0 bridgehead atoms. The number of anilines is 1. The van der Waals surface area contributed by atoms with E-state index < -0.39 is 23.4 Å². The number of rotatable bonds is 7. The summed E-state index contributed by atoms with van der Waals surface area (Å²) in [5.41, 5.74) is -0.0269. The Morgan fingerprint density at radius 3 is 2.07 bits per heavy atom. The Balaban J connectivity index is 1.75. The molecule has 0 radical (unpaired) electrons. The number of nitrogens with one attached hydrogen (secondary N) is 2. The highest BCUT2D eigenvalue weighted by Gasteiger charge is 2.51. The Morgan fingerprint density at radius 1 is 1.00 bits per heavy atom. The van der Waals surface area contributed by atoms with Crippen LogP contribution in [0.25, 0.3) is 0 Å². The number of carbonyl (C=O) groups excluding carboxylic acids is 3. The number of hydrogen-bond acceptors (Lipinski definition) is 5. The Bertz CT molecular complexity index is 911. The molecule has 0 aromatic heterocycles. The van der Waals surface area contributed by atoms with Crippen LogP contribution in [0.5, 0.6) is 11.5 Å². The van der Waals surface area contributed by atoms with Gasteiger partial charge in [-0.15, -0.1) is 0 Å². The van der Waals surface area contributed by atoms with E-state index in [9.17, 15) is 14.4 Å². The maximum atomic E-state index is 13.1. The minimum atomic E-state index is -1.20. The second-order valence-corrected chi connectivity index (χ2v) is 6.59. The van der Waals surface area contributed by atoms with Crippen molar-refractivity contribution < 1.29 is 23.9 Å². The van der Waals surface area contributed by atoms with Gasteiger partial charge in [-0.2, -0.15) is 0 Å². The summed E-state index contributed by atoms with van der Waals surface area (Å²) in [6.07, 6.45) is 0.348. The summed E-state index contributed by atoms with van der Waals surface area (Å²) >= 11 is 0. The van der Waals surface area contributed by atoms with E-state index in [4.69, 9.17) is 9.47 Å². The zero-order chi connectivity index (χ0) is 21.0. The van der Waals surface area contributed by atoms with Crippen LogP contribution in [0.2, 0.25) is 0 Å². The second-order valence-electron chi connectivity index (χ2n) is 6.59. The summed E-state index contributed by atoms with van der Waals surface area (Å²) in [4.78, 5) is 38.9. The van der Waals surface area contributed by atoms with Crippen molar-refractivity contribution >= 4 is 23.5 Å². The molecular formula is C21H23N3O5. The SMILES string of the molecule is CC[C@]1(c2ccc(OC)cc2)NC(=O)N(CC(=O)Nc2ccc(OC)cc2)C1=O. The van der Waals surface area contributed by atoms with Gasteiger partial charge in [0, 0.05) is 5.69 Å². The van der Waals surface area contributed by atoms with Crippen molar-refractivity contribution in [1.29, 1.82) is 0 Å². The molecule has 1 atom stereocenters. The van der Waals surface area contributed by atoms with Crippen molar-refractivity contribution in [3.8, 4) is 11.5 Å². The van der Waals surface area contributed by atoms with Gasteiger partial charge in [-0.05, 0) is 48.4 Å². The molecule has 2 aromatic carbocycles. The predicted octanol–water partition coefficient (Wildman–Crippen LogP) is 2.50. The zero-order valence-electron chi connectivity index (χ0n) is 16.5. The van der Waals surface area contributed by atoms with E-state index in [0.717, 1.165) is 4.90 Å². The Kier molecular flexibility index (Phi) is 5.72. The van der Waals surface area contributed by atoms with Crippen LogP contribution in [0, 0.1) is 0 Å². The first-order valence-electron chi connectivity index (χ1n) is 9.16. The van der Waals surface area contributed by atoms with Crippen molar-refractivity contribution in [1.82, 2.24) is 10.2 Å². The molecule has 1 saturated heterocycles. The zero-order valence-corrected chi connectivity index (χ0v) is 16.5. The molecule has 4 amide bonds. The predicted molar refractivity (Wildman–Crippen MR) is 107 cm³/mol. The average molecular weight is 397 g/mol. The molecule has 2 aromatic rings. The van der Waals surface area contributed by atoms with E-state index in [1.807, 2.05) is 6.92 Å². The molecule has 152 valence electrons. The van der Waals surface area contributed by atoms with E-state index >= 15 is 0 Å². The van der Waals surface area contributed by atoms with Crippen LogP contribution >= 0.6 is 0 Å². The number of imide groups is 1. The molecule has 0 spiro atoms. The van der Waals surface area contributed by atoms with Gasteiger partial charge in [0.1, 0.15) is 23.6 Å². The van der Waals surface area contributed by atoms with Gasteiger partial charge < -0.3 is 20.1 Å². The molecule has 0 aliphatic carbocycles. The number of urea groups is 1. The number of amides is 4. The van der Waals surface area contributed by atoms with Crippen LogP contribution in [0.1, 0.15) is 18.9 Å². The normalized spacial score (nSPS) is 18.4. The Labute approximate surface area is 168 Å². The van der Waals surface area contributed by atoms with E-state index in [-0.39, 0.29) is 6.54 Å². The van der Waals surface area contributed by atoms with E-state index in [1.165, 1.54) is 0 Å². The molecule has 1 heterocycles. The fraction of sp³-hybridized carbons (Fsp3) is 0.286. The molecular weight excluding hydrogens is 374 g/mol. The standard InChI is InChI=1S/C21H23N3O5/c1-4-21(14-5-9-16(28-2)10-6-14)19(26)24(20(27)23-21)13-18(25)22-15-7-11-17(29-3)12-8-15/h5-12H,4,13H2,1-3H3,(H,22,25)(H,23,27)/t21-/m1/s1. The second kappa shape index (κ2) is 8.22. The summed E-state index contributed by atoms with van der Waals surface area (Å²) in [7, 11) is 3.10. The molecule has 0 unspecified atom stereocenters. The van der Waals surface area contributed by atoms with E-state index in [0.29, 0.717) is 29.2 Å². The average Bonchev–Trinajstić information content (AvgIpc) is 2.99. The lowest BCUT2D eigenvalue weighted by molar-refractivity contribution is -0.134. The maximum Gasteiger partial charge on any atom is 0.325 e. The fourth-order valence-electron chi connectivity index (χ4n) is 3.30. The van der Waals surface area contributed by atoms with Crippen LogP contribution in [0.15, 0.2) is 48.5 Å². The van der Waals surface area contributed by atoms with Crippen LogP contribution in [-0.2, 0) is 15.1 Å². The van der Waals surface area contributed by atoms with Crippen molar-refractivity contribution in [3.63, 3.8) is 0 Å². The number of nitrogens with zero attached hydrogens (tertiary/aromatic N) is 1. The third-order valence-electron chi connectivity index (χ3n) is 4.96. The largest absolute Gasteiger partial charge is 0.497 e. The molecule has 8 heteroatoms. The van der Waals surface area contributed by atoms with Gasteiger partial charge in [-0.3, -0.25) is 14.5 Å². The van der Waals surface area contributed by atoms with Gasteiger partial charge in [-0.25, -0.2) is 4.79 Å². The summed E-state index contributed by atoms with van der Waals surface area (Å²) in [5.74, 6) is 0.372. The van der Waals surface area contributed by atoms with Crippen LogP contribution in [-0.4, -0.2) is 43.5 Å². The minimum absolute atomic E-state index is 0.348. The topological polar surface area (TPSA) is 97.0 Å². The summed E-state index contributed by atoms with van der Waals surface area (Å²) in [5, 5.41) is 5.43. The number of carbonyl (C=O) groups is 3. The van der Waals surface area contributed by atoms with Gasteiger partial charge in [0.15, 0.2) is 0 Å². The number of ether oxygens (including phenoxy) is 2. The fourth-order valence-corrected chi connectivity index (χ4v) is 3.30. The molecule has 1 aliphatic heterocycles. The van der Waals surface area contributed by atoms with E-state index in [2.05, 4.69) is 10.6 Å². The number of benzene rings is 2. The molecule has 0 saturated carbocycles. The molecule has 8 nitrogen and oxygen atoms in total. The van der Waals surface area contributed by atoms with E-state index in [1.54, 1.807) is 62.8 Å².